The van der Waals surface area contributed by atoms with Crippen LogP contribution in [0.1, 0.15) is 5.56 Å². The van der Waals surface area contributed by atoms with E-state index >= 15 is 0 Å². The van der Waals surface area contributed by atoms with Gasteiger partial charge in [-0.25, -0.2) is 4.79 Å². The van der Waals surface area contributed by atoms with E-state index in [1.165, 1.54) is 0 Å². The summed E-state index contributed by atoms with van der Waals surface area (Å²) in [5.74, 6) is 0. The summed E-state index contributed by atoms with van der Waals surface area (Å²) in [5, 5.41) is 2.73. The number of alkyl carbamates (subject to hydrolysis) is 1. The highest BCUT2D eigenvalue weighted by atomic mass is 16.5. The third kappa shape index (κ3) is 4.81. The van der Waals surface area contributed by atoms with E-state index in [1.807, 2.05) is 18.2 Å². The number of nitrogens with one attached hydrogen (secondary N) is 1. The van der Waals surface area contributed by atoms with E-state index in [0.29, 0.717) is 13.2 Å². The second kappa shape index (κ2) is 8.47. The summed E-state index contributed by atoms with van der Waals surface area (Å²) in [4.78, 5) is 18.3. The molecule has 2 aromatic rings. The molecule has 1 amide bonds. The molecule has 0 unspecified atom stereocenters. The molecule has 0 saturated carbocycles. The van der Waals surface area contributed by atoms with E-state index in [1.54, 1.807) is 18.7 Å². The normalized spacial score (nSPS) is 15.2. The van der Waals surface area contributed by atoms with Gasteiger partial charge >= 0.3 is 6.09 Å². The minimum Gasteiger partial charge on any atom is -0.472 e. The SMILES string of the molecule is O=C(NCc1ccc(-c2ccoc2)nc1)OCCN1CCOCC1. The third-order valence-electron chi connectivity index (χ3n) is 3.82. The fourth-order valence-corrected chi connectivity index (χ4v) is 2.43. The molecule has 128 valence electrons. The van der Waals surface area contributed by atoms with Crippen LogP contribution in [0.2, 0.25) is 0 Å². The lowest BCUT2D eigenvalue weighted by Gasteiger charge is -2.26. The molecule has 1 aliphatic rings. The molecule has 1 N–H and O–H groups in total. The standard InChI is InChI=1S/C17H21N3O4/c21-17(24-10-6-20-4-8-22-9-5-20)19-12-14-1-2-16(18-11-14)15-3-7-23-13-15/h1-3,7,11,13H,4-6,8-10,12H2,(H,19,21). The van der Waals surface area contributed by atoms with Crippen LogP contribution >= 0.6 is 0 Å². The molecule has 7 heteroatoms. The highest BCUT2D eigenvalue weighted by Gasteiger charge is 2.11. The molecular weight excluding hydrogens is 310 g/mol. The first-order valence-corrected chi connectivity index (χ1v) is 7.99. The van der Waals surface area contributed by atoms with Crippen LogP contribution in [-0.2, 0) is 16.0 Å². The van der Waals surface area contributed by atoms with Crippen LogP contribution in [-0.4, -0.2) is 55.4 Å². The Morgan fingerprint density at radius 3 is 2.88 bits per heavy atom. The van der Waals surface area contributed by atoms with Crippen LogP contribution in [0.5, 0.6) is 0 Å². The van der Waals surface area contributed by atoms with Gasteiger partial charge in [-0.2, -0.15) is 0 Å². The Labute approximate surface area is 140 Å². The fraction of sp³-hybridized carbons (Fsp3) is 0.412. The summed E-state index contributed by atoms with van der Waals surface area (Å²) in [5.41, 5.74) is 2.67. The number of hydrogen-bond acceptors (Lipinski definition) is 6. The van der Waals surface area contributed by atoms with Crippen molar-refractivity contribution in [3.63, 3.8) is 0 Å². The maximum atomic E-state index is 11.7. The molecule has 2 aromatic heterocycles. The number of carbonyl (C=O) groups excluding carboxylic acids is 1. The van der Waals surface area contributed by atoms with Crippen LogP contribution in [0.4, 0.5) is 4.79 Å². The number of hydrogen-bond donors (Lipinski definition) is 1. The molecular formula is C17H21N3O4. The Morgan fingerprint density at radius 2 is 2.17 bits per heavy atom. The van der Waals surface area contributed by atoms with Crippen molar-refractivity contribution in [2.45, 2.75) is 6.54 Å². The third-order valence-corrected chi connectivity index (χ3v) is 3.82. The van der Waals surface area contributed by atoms with E-state index in [-0.39, 0.29) is 0 Å². The number of ether oxygens (including phenoxy) is 2. The zero-order valence-corrected chi connectivity index (χ0v) is 13.4. The molecule has 3 rings (SSSR count). The zero-order valence-electron chi connectivity index (χ0n) is 13.4. The van der Waals surface area contributed by atoms with Gasteiger partial charge in [0, 0.05) is 37.9 Å². The number of carbonyl (C=O) groups is 1. The molecule has 0 spiro atoms. The molecule has 0 bridgehead atoms. The molecule has 0 aromatic carbocycles. The molecule has 7 nitrogen and oxygen atoms in total. The van der Waals surface area contributed by atoms with Gasteiger partial charge in [0.05, 0.1) is 31.4 Å². The van der Waals surface area contributed by atoms with Gasteiger partial charge in [0.15, 0.2) is 0 Å². The van der Waals surface area contributed by atoms with E-state index in [9.17, 15) is 4.79 Å². The zero-order chi connectivity index (χ0) is 16.6. The van der Waals surface area contributed by atoms with Gasteiger partial charge in [0.1, 0.15) is 6.61 Å². The van der Waals surface area contributed by atoms with E-state index in [2.05, 4.69) is 15.2 Å². The van der Waals surface area contributed by atoms with Gasteiger partial charge in [-0.15, -0.1) is 0 Å². The van der Waals surface area contributed by atoms with Gasteiger partial charge in [0.25, 0.3) is 0 Å². The second-order valence-electron chi connectivity index (χ2n) is 5.51. The molecule has 1 aliphatic heterocycles. The topological polar surface area (TPSA) is 76.8 Å². The van der Waals surface area contributed by atoms with Crippen molar-refractivity contribution in [2.24, 2.45) is 0 Å². The average molecular weight is 331 g/mol. The lowest BCUT2D eigenvalue weighted by Crippen LogP contribution is -2.39. The summed E-state index contributed by atoms with van der Waals surface area (Å²) in [6, 6.07) is 5.67. The largest absolute Gasteiger partial charge is 0.472 e. The molecule has 1 saturated heterocycles. The molecule has 0 atom stereocenters. The predicted molar refractivity (Wildman–Crippen MR) is 87.4 cm³/mol. The number of rotatable bonds is 6. The first kappa shape index (κ1) is 16.5. The predicted octanol–water partition coefficient (Wildman–Crippen LogP) is 1.90. The van der Waals surface area contributed by atoms with Crippen LogP contribution in [0.15, 0.2) is 41.3 Å². The first-order chi connectivity index (χ1) is 11.8. The molecule has 0 radical (unpaired) electrons. The van der Waals surface area contributed by atoms with Crippen molar-refractivity contribution in [2.75, 3.05) is 39.5 Å². The van der Waals surface area contributed by atoms with E-state index in [4.69, 9.17) is 13.9 Å². The van der Waals surface area contributed by atoms with Crippen LogP contribution in [0, 0.1) is 0 Å². The number of nitrogens with zero attached hydrogens (tertiary/aromatic N) is 2. The van der Waals surface area contributed by atoms with Gasteiger partial charge in [-0.3, -0.25) is 9.88 Å². The first-order valence-electron chi connectivity index (χ1n) is 7.99. The van der Waals surface area contributed by atoms with Crippen molar-refractivity contribution < 1.29 is 18.7 Å². The summed E-state index contributed by atoms with van der Waals surface area (Å²) in [7, 11) is 0. The highest BCUT2D eigenvalue weighted by molar-refractivity contribution is 5.67. The van der Waals surface area contributed by atoms with Crippen LogP contribution < -0.4 is 5.32 Å². The lowest BCUT2D eigenvalue weighted by atomic mass is 10.2. The van der Waals surface area contributed by atoms with Gasteiger partial charge in [0.2, 0.25) is 0 Å². The minimum atomic E-state index is -0.415. The Balaban J connectivity index is 1.36. The number of furan rings is 1. The minimum absolute atomic E-state index is 0.378. The summed E-state index contributed by atoms with van der Waals surface area (Å²) in [6.07, 6.45) is 4.57. The van der Waals surface area contributed by atoms with Gasteiger partial charge < -0.3 is 19.2 Å². The second-order valence-corrected chi connectivity index (χ2v) is 5.51. The maximum Gasteiger partial charge on any atom is 0.407 e. The quantitative estimate of drug-likeness (QED) is 0.871. The Hall–Kier alpha value is -2.38. The number of pyridine rings is 1. The van der Waals surface area contributed by atoms with Crippen molar-refractivity contribution in [3.05, 3.63) is 42.5 Å². The van der Waals surface area contributed by atoms with Crippen LogP contribution in [0.3, 0.4) is 0 Å². The summed E-state index contributed by atoms with van der Waals surface area (Å²) >= 11 is 0. The van der Waals surface area contributed by atoms with Gasteiger partial charge in [-0.05, 0) is 17.7 Å². The van der Waals surface area contributed by atoms with Crippen molar-refractivity contribution >= 4 is 6.09 Å². The average Bonchev–Trinajstić information content (AvgIpc) is 3.16. The molecule has 0 aliphatic carbocycles. The smallest absolute Gasteiger partial charge is 0.407 e. The Morgan fingerprint density at radius 1 is 1.29 bits per heavy atom. The van der Waals surface area contributed by atoms with Crippen molar-refractivity contribution in [3.8, 4) is 11.3 Å². The fourth-order valence-electron chi connectivity index (χ4n) is 2.43. The van der Waals surface area contributed by atoms with Crippen molar-refractivity contribution in [1.29, 1.82) is 0 Å². The van der Waals surface area contributed by atoms with E-state index in [0.717, 1.165) is 49.7 Å². The Bertz CT molecular complexity index is 622. The number of aromatic nitrogens is 1. The lowest BCUT2D eigenvalue weighted by molar-refractivity contribution is 0.0281. The monoisotopic (exact) mass is 331 g/mol. The number of morpholine rings is 1. The molecule has 1 fully saturated rings. The van der Waals surface area contributed by atoms with Crippen LogP contribution in [0.25, 0.3) is 11.3 Å². The summed E-state index contributed by atoms with van der Waals surface area (Å²) < 4.78 is 15.5. The number of amides is 1. The highest BCUT2D eigenvalue weighted by Crippen LogP contribution is 2.16. The van der Waals surface area contributed by atoms with Crippen molar-refractivity contribution in [1.82, 2.24) is 15.2 Å². The van der Waals surface area contributed by atoms with E-state index < -0.39 is 6.09 Å². The maximum absolute atomic E-state index is 11.7. The van der Waals surface area contributed by atoms with Gasteiger partial charge in [-0.1, -0.05) is 6.07 Å². The molecule has 3 heterocycles. The Kier molecular flexibility index (Phi) is 5.81. The molecule has 24 heavy (non-hydrogen) atoms. The summed E-state index contributed by atoms with van der Waals surface area (Å²) in [6.45, 7) is 4.76.